The van der Waals surface area contributed by atoms with E-state index in [0.717, 1.165) is 11.4 Å². The largest absolute Gasteiger partial charge is 0.389 e. The van der Waals surface area contributed by atoms with Gasteiger partial charge in [-0.15, -0.1) is 11.6 Å². The van der Waals surface area contributed by atoms with E-state index < -0.39 is 12.2 Å². The first-order valence-electron chi connectivity index (χ1n) is 4.42. The smallest absolute Gasteiger partial charge is 0.106 e. The topological polar surface area (TPSA) is 53.4 Å². The predicted molar refractivity (Wildman–Crippen MR) is 55.4 cm³/mol. The molecule has 0 aromatic carbocycles. The second kappa shape index (κ2) is 4.73. The van der Waals surface area contributed by atoms with Crippen molar-refractivity contribution < 1.29 is 10.2 Å². The first-order valence-corrected chi connectivity index (χ1v) is 4.95. The van der Waals surface area contributed by atoms with Crippen LogP contribution in [0.25, 0.3) is 0 Å². The fourth-order valence-corrected chi connectivity index (χ4v) is 1.51. The van der Waals surface area contributed by atoms with Crippen LogP contribution in [0.5, 0.6) is 0 Å². The van der Waals surface area contributed by atoms with Gasteiger partial charge in [0, 0.05) is 11.4 Å². The summed E-state index contributed by atoms with van der Waals surface area (Å²) in [7, 11) is 0. The fourth-order valence-electron chi connectivity index (χ4n) is 1.34. The summed E-state index contributed by atoms with van der Waals surface area (Å²) in [6.07, 6.45) is -1.87. The van der Waals surface area contributed by atoms with Gasteiger partial charge in [-0.25, -0.2) is 0 Å². The van der Waals surface area contributed by atoms with Crippen LogP contribution in [0, 0.1) is 13.8 Å². The Bertz CT molecular complexity index is 297. The van der Waals surface area contributed by atoms with Gasteiger partial charge in [0.25, 0.3) is 0 Å². The lowest BCUT2D eigenvalue weighted by Crippen LogP contribution is -2.20. The molecule has 1 rings (SSSR count). The maximum absolute atomic E-state index is 9.68. The Morgan fingerprint density at radius 2 is 1.79 bits per heavy atom. The van der Waals surface area contributed by atoms with E-state index in [1.54, 1.807) is 12.1 Å². The normalized spacial score (nSPS) is 15.2. The van der Waals surface area contributed by atoms with Gasteiger partial charge in [0.1, 0.15) is 6.10 Å². The van der Waals surface area contributed by atoms with Gasteiger partial charge in [0.15, 0.2) is 0 Å². The minimum Gasteiger partial charge on any atom is -0.389 e. The highest BCUT2D eigenvalue weighted by molar-refractivity contribution is 6.18. The zero-order valence-corrected chi connectivity index (χ0v) is 8.99. The van der Waals surface area contributed by atoms with Gasteiger partial charge in [-0.3, -0.25) is 4.98 Å². The summed E-state index contributed by atoms with van der Waals surface area (Å²) in [5, 5.41) is 19.0. The van der Waals surface area contributed by atoms with Gasteiger partial charge in [-0.2, -0.15) is 0 Å². The average Bonchev–Trinajstić information content (AvgIpc) is 2.14. The van der Waals surface area contributed by atoms with Crippen molar-refractivity contribution in [1.29, 1.82) is 0 Å². The molecule has 0 bridgehead atoms. The number of nitrogens with zero attached hydrogens (tertiary/aromatic N) is 1. The third-order valence-electron chi connectivity index (χ3n) is 1.97. The zero-order valence-electron chi connectivity index (χ0n) is 8.24. The first-order chi connectivity index (χ1) is 6.54. The minimum atomic E-state index is -0.937. The van der Waals surface area contributed by atoms with E-state index in [4.69, 9.17) is 11.6 Å². The number of rotatable bonds is 3. The van der Waals surface area contributed by atoms with E-state index in [2.05, 4.69) is 4.98 Å². The highest BCUT2D eigenvalue weighted by Gasteiger charge is 2.17. The van der Waals surface area contributed by atoms with Crippen molar-refractivity contribution in [3.8, 4) is 0 Å². The molecule has 0 saturated carbocycles. The van der Waals surface area contributed by atoms with Crippen molar-refractivity contribution in [2.24, 2.45) is 0 Å². The van der Waals surface area contributed by atoms with E-state index in [-0.39, 0.29) is 5.88 Å². The molecule has 1 heterocycles. The molecule has 2 atom stereocenters. The van der Waals surface area contributed by atoms with E-state index >= 15 is 0 Å². The number of pyridine rings is 1. The molecular weight excluding hydrogens is 202 g/mol. The quantitative estimate of drug-likeness (QED) is 0.749. The maximum atomic E-state index is 9.68. The molecule has 0 aliphatic rings. The van der Waals surface area contributed by atoms with Gasteiger partial charge < -0.3 is 10.2 Å². The van der Waals surface area contributed by atoms with Crippen molar-refractivity contribution >= 4 is 11.6 Å². The summed E-state index contributed by atoms with van der Waals surface area (Å²) in [4.78, 5) is 4.18. The Balaban J connectivity index is 2.94. The van der Waals surface area contributed by atoms with Crippen molar-refractivity contribution in [1.82, 2.24) is 4.98 Å². The molecule has 78 valence electrons. The van der Waals surface area contributed by atoms with Crippen LogP contribution in [0.15, 0.2) is 12.1 Å². The van der Waals surface area contributed by atoms with Crippen LogP contribution in [0.1, 0.15) is 23.1 Å². The number of aryl methyl sites for hydroxylation is 2. The van der Waals surface area contributed by atoms with Crippen LogP contribution in [0.2, 0.25) is 0 Å². The standard InChI is InChI=1S/C10H14ClNO2/c1-6-3-8(4-7(2)12-6)10(14)9(13)5-11/h3-4,9-10,13-14H,5H2,1-2H3. The lowest BCUT2D eigenvalue weighted by atomic mass is 10.0. The molecule has 2 unspecified atom stereocenters. The van der Waals surface area contributed by atoms with Gasteiger partial charge in [-0.1, -0.05) is 0 Å². The summed E-state index contributed by atoms with van der Waals surface area (Å²) < 4.78 is 0. The minimum absolute atomic E-state index is 0.0155. The number of aliphatic hydroxyl groups excluding tert-OH is 2. The number of aromatic nitrogens is 1. The molecule has 0 aliphatic carbocycles. The Hall–Kier alpha value is -0.640. The molecule has 0 fully saturated rings. The molecule has 0 amide bonds. The monoisotopic (exact) mass is 215 g/mol. The fraction of sp³-hybridized carbons (Fsp3) is 0.500. The molecule has 2 N–H and O–H groups in total. The molecular formula is C10H14ClNO2. The lowest BCUT2D eigenvalue weighted by molar-refractivity contribution is 0.0326. The third kappa shape index (κ3) is 2.67. The Morgan fingerprint density at radius 1 is 1.29 bits per heavy atom. The number of halogens is 1. The number of aliphatic hydroxyl groups is 2. The number of hydrogen-bond donors (Lipinski definition) is 2. The summed E-state index contributed by atoms with van der Waals surface area (Å²) in [6.45, 7) is 3.69. The molecule has 0 aliphatic heterocycles. The van der Waals surface area contributed by atoms with Crippen LogP contribution in [-0.2, 0) is 0 Å². The Labute approximate surface area is 88.4 Å². The molecule has 0 saturated heterocycles. The summed E-state index contributed by atoms with van der Waals surface area (Å²) >= 11 is 5.45. The maximum Gasteiger partial charge on any atom is 0.106 e. The zero-order chi connectivity index (χ0) is 10.7. The van der Waals surface area contributed by atoms with Gasteiger partial charge >= 0.3 is 0 Å². The van der Waals surface area contributed by atoms with E-state index in [1.807, 2.05) is 13.8 Å². The highest BCUT2D eigenvalue weighted by atomic mass is 35.5. The molecule has 3 nitrogen and oxygen atoms in total. The van der Waals surface area contributed by atoms with Gasteiger partial charge in [-0.05, 0) is 31.5 Å². The van der Waals surface area contributed by atoms with Crippen molar-refractivity contribution in [3.63, 3.8) is 0 Å². The Kier molecular flexibility index (Phi) is 3.86. The number of alkyl halides is 1. The second-order valence-corrected chi connectivity index (χ2v) is 3.66. The molecule has 0 spiro atoms. The van der Waals surface area contributed by atoms with Crippen LogP contribution >= 0.6 is 11.6 Å². The van der Waals surface area contributed by atoms with Gasteiger partial charge in [0.2, 0.25) is 0 Å². The SMILES string of the molecule is Cc1cc(C(O)C(O)CCl)cc(C)n1. The Morgan fingerprint density at radius 3 is 2.21 bits per heavy atom. The van der Waals surface area contributed by atoms with Crippen LogP contribution in [0.4, 0.5) is 0 Å². The van der Waals surface area contributed by atoms with E-state index in [9.17, 15) is 10.2 Å². The molecule has 4 heteroatoms. The second-order valence-electron chi connectivity index (χ2n) is 3.35. The van der Waals surface area contributed by atoms with Crippen LogP contribution in [0.3, 0.4) is 0 Å². The van der Waals surface area contributed by atoms with Crippen molar-refractivity contribution in [2.45, 2.75) is 26.1 Å². The summed E-state index contributed by atoms with van der Waals surface area (Å²) in [6, 6.07) is 3.49. The lowest BCUT2D eigenvalue weighted by Gasteiger charge is -2.16. The molecule has 14 heavy (non-hydrogen) atoms. The molecule has 0 radical (unpaired) electrons. The average molecular weight is 216 g/mol. The van der Waals surface area contributed by atoms with Gasteiger partial charge in [0.05, 0.1) is 12.0 Å². The summed E-state index contributed by atoms with van der Waals surface area (Å²) in [5.74, 6) is 0.0155. The molecule has 1 aromatic heterocycles. The van der Waals surface area contributed by atoms with Crippen molar-refractivity contribution in [3.05, 3.63) is 29.1 Å². The van der Waals surface area contributed by atoms with Crippen LogP contribution < -0.4 is 0 Å². The summed E-state index contributed by atoms with van der Waals surface area (Å²) in [5.41, 5.74) is 2.30. The molecule has 1 aromatic rings. The highest BCUT2D eigenvalue weighted by Crippen LogP contribution is 2.19. The third-order valence-corrected chi connectivity index (χ3v) is 2.28. The van der Waals surface area contributed by atoms with E-state index in [0.29, 0.717) is 5.56 Å². The first kappa shape index (κ1) is 11.4. The van der Waals surface area contributed by atoms with Crippen molar-refractivity contribution in [2.75, 3.05) is 5.88 Å². The number of hydrogen-bond acceptors (Lipinski definition) is 3. The van der Waals surface area contributed by atoms with Crippen LogP contribution in [-0.4, -0.2) is 27.2 Å². The predicted octanol–water partition coefficient (Wildman–Crippen LogP) is 1.33. The van der Waals surface area contributed by atoms with E-state index in [1.165, 1.54) is 0 Å².